The molecule has 0 spiro atoms. The van der Waals surface area contributed by atoms with Crippen LogP contribution < -0.4 is 9.62 Å². The molecule has 4 aromatic rings. The molecule has 7 nitrogen and oxygen atoms in total. The first-order chi connectivity index (χ1) is 21.3. The van der Waals surface area contributed by atoms with Crippen LogP contribution in [-0.2, 0) is 32.6 Å². The quantitative estimate of drug-likeness (QED) is 0.197. The lowest BCUT2D eigenvalue weighted by Crippen LogP contribution is -2.56. The van der Waals surface area contributed by atoms with Gasteiger partial charge in [-0.1, -0.05) is 90.5 Å². The van der Waals surface area contributed by atoms with E-state index in [0.29, 0.717) is 10.6 Å². The Kier molecular flexibility index (Phi) is 10.7. The van der Waals surface area contributed by atoms with Crippen LogP contribution in [0.15, 0.2) is 108 Å². The summed E-state index contributed by atoms with van der Waals surface area (Å²) in [5.41, 5.74) is 2.91. The van der Waals surface area contributed by atoms with Crippen LogP contribution in [0.1, 0.15) is 43.0 Å². The molecule has 0 aliphatic heterocycles. The lowest BCUT2D eigenvalue weighted by molar-refractivity contribution is -0.140. The number of rotatable bonds is 11. The number of amides is 2. The van der Waals surface area contributed by atoms with Crippen LogP contribution >= 0.6 is 11.6 Å². The van der Waals surface area contributed by atoms with Crippen LogP contribution in [0.25, 0.3) is 0 Å². The van der Waals surface area contributed by atoms with Crippen molar-refractivity contribution < 1.29 is 18.0 Å². The van der Waals surface area contributed by atoms with Crippen molar-refractivity contribution in [2.45, 2.75) is 64.1 Å². The van der Waals surface area contributed by atoms with E-state index in [1.807, 2.05) is 82.3 Å². The summed E-state index contributed by atoms with van der Waals surface area (Å²) in [5, 5.41) is 3.42. The maximum Gasteiger partial charge on any atom is 0.264 e. The number of sulfonamides is 1. The van der Waals surface area contributed by atoms with E-state index in [1.54, 1.807) is 43.3 Å². The van der Waals surface area contributed by atoms with Crippen LogP contribution in [0, 0.1) is 13.8 Å². The normalized spacial score (nSPS) is 12.3. The third-order valence-electron chi connectivity index (χ3n) is 7.49. The Labute approximate surface area is 271 Å². The molecule has 45 heavy (non-hydrogen) atoms. The minimum atomic E-state index is -4.21. The fraction of sp³-hybridized carbons (Fsp3) is 0.278. The second-order valence-electron chi connectivity index (χ2n) is 12.1. The number of hydrogen-bond donors (Lipinski definition) is 1. The molecule has 0 unspecified atom stereocenters. The molecule has 236 valence electrons. The number of nitrogens with zero attached hydrogens (tertiary/aromatic N) is 2. The summed E-state index contributed by atoms with van der Waals surface area (Å²) >= 11 is 6.45. The highest BCUT2D eigenvalue weighted by Gasteiger charge is 2.36. The molecule has 0 fully saturated rings. The molecule has 0 aromatic heterocycles. The van der Waals surface area contributed by atoms with Gasteiger partial charge in [-0.15, -0.1) is 0 Å². The van der Waals surface area contributed by atoms with Gasteiger partial charge in [0, 0.05) is 23.5 Å². The number of nitrogens with one attached hydrogen (secondary N) is 1. The van der Waals surface area contributed by atoms with Gasteiger partial charge in [0.2, 0.25) is 11.8 Å². The molecule has 0 heterocycles. The standard InChI is InChI=1S/C36H40ClN3O4S/c1-26-15-12-13-18-29(26)24-39(33(35(42)38-36(3,4)5)23-28-16-8-6-9-17-28)34(41)25-40(32-22-14-21-31(37)27(32)2)45(43,44)30-19-10-7-11-20-30/h6-22,33H,23-25H2,1-5H3,(H,38,42)/t33-/m1/s1. The fourth-order valence-corrected chi connectivity index (χ4v) is 6.74. The van der Waals surface area contributed by atoms with E-state index in [2.05, 4.69) is 5.32 Å². The smallest absolute Gasteiger partial charge is 0.264 e. The van der Waals surface area contributed by atoms with Crippen molar-refractivity contribution in [3.8, 4) is 0 Å². The van der Waals surface area contributed by atoms with Crippen molar-refractivity contribution >= 4 is 39.1 Å². The van der Waals surface area contributed by atoms with E-state index >= 15 is 0 Å². The van der Waals surface area contributed by atoms with Gasteiger partial charge in [-0.05, 0) is 81.1 Å². The van der Waals surface area contributed by atoms with Gasteiger partial charge in [0.1, 0.15) is 12.6 Å². The van der Waals surface area contributed by atoms with Gasteiger partial charge < -0.3 is 10.2 Å². The van der Waals surface area contributed by atoms with E-state index in [0.717, 1.165) is 21.0 Å². The van der Waals surface area contributed by atoms with E-state index in [4.69, 9.17) is 11.6 Å². The summed E-state index contributed by atoms with van der Waals surface area (Å²) in [4.78, 5) is 30.2. The van der Waals surface area contributed by atoms with Crippen LogP contribution in [0.5, 0.6) is 0 Å². The molecule has 9 heteroatoms. The topological polar surface area (TPSA) is 86.8 Å². The molecule has 0 aliphatic rings. The van der Waals surface area contributed by atoms with Crippen LogP contribution in [0.2, 0.25) is 5.02 Å². The number of halogens is 1. The van der Waals surface area contributed by atoms with E-state index in [-0.39, 0.29) is 29.5 Å². The first-order valence-electron chi connectivity index (χ1n) is 14.8. The third kappa shape index (κ3) is 8.53. The summed E-state index contributed by atoms with van der Waals surface area (Å²) in [5.74, 6) is -0.855. The summed E-state index contributed by atoms with van der Waals surface area (Å²) < 4.78 is 29.5. The number of carbonyl (C=O) groups is 2. The van der Waals surface area contributed by atoms with Gasteiger partial charge in [0.05, 0.1) is 10.6 Å². The second kappa shape index (κ2) is 14.3. The van der Waals surface area contributed by atoms with Gasteiger partial charge in [0.15, 0.2) is 0 Å². The fourth-order valence-electron chi connectivity index (χ4n) is 5.08. The zero-order valence-electron chi connectivity index (χ0n) is 26.3. The number of carbonyl (C=O) groups excluding carboxylic acids is 2. The monoisotopic (exact) mass is 645 g/mol. The number of benzene rings is 4. The first kappa shape index (κ1) is 33.7. The SMILES string of the molecule is Cc1ccccc1CN(C(=O)CN(c1cccc(Cl)c1C)S(=O)(=O)c1ccccc1)[C@H](Cc1ccccc1)C(=O)NC(C)(C)C. The molecule has 1 atom stereocenters. The van der Waals surface area contributed by atoms with E-state index < -0.39 is 34.1 Å². The number of aryl methyl sites for hydroxylation is 1. The summed E-state index contributed by atoms with van der Waals surface area (Å²) in [7, 11) is -4.21. The van der Waals surface area contributed by atoms with E-state index in [9.17, 15) is 18.0 Å². The van der Waals surface area contributed by atoms with Crippen molar-refractivity contribution in [1.82, 2.24) is 10.2 Å². The molecular weight excluding hydrogens is 606 g/mol. The Hall–Kier alpha value is -4.14. The molecule has 4 aromatic carbocycles. The van der Waals surface area contributed by atoms with Crippen molar-refractivity contribution in [3.05, 3.63) is 130 Å². The highest BCUT2D eigenvalue weighted by atomic mass is 35.5. The summed E-state index contributed by atoms with van der Waals surface area (Å²) in [6.07, 6.45) is 0.238. The third-order valence-corrected chi connectivity index (χ3v) is 9.67. The molecule has 0 saturated heterocycles. The molecule has 0 bridgehead atoms. The van der Waals surface area contributed by atoms with Crippen LogP contribution in [0.4, 0.5) is 5.69 Å². The zero-order valence-corrected chi connectivity index (χ0v) is 27.9. The van der Waals surface area contributed by atoms with E-state index in [1.165, 1.54) is 17.0 Å². The highest BCUT2D eigenvalue weighted by Crippen LogP contribution is 2.31. The molecule has 0 aliphatic carbocycles. The Morgan fingerprint density at radius 2 is 1.42 bits per heavy atom. The Bertz CT molecular complexity index is 1740. The van der Waals surface area contributed by atoms with Gasteiger partial charge in [-0.2, -0.15) is 0 Å². The lowest BCUT2D eigenvalue weighted by atomic mass is 10.00. The Morgan fingerprint density at radius 3 is 2.04 bits per heavy atom. The molecule has 1 N–H and O–H groups in total. The maximum atomic E-state index is 14.6. The molecular formula is C36H40ClN3O4S. The minimum absolute atomic E-state index is 0.0361. The number of hydrogen-bond acceptors (Lipinski definition) is 4. The zero-order chi connectivity index (χ0) is 32.8. The largest absolute Gasteiger partial charge is 0.350 e. The second-order valence-corrected chi connectivity index (χ2v) is 14.4. The Morgan fingerprint density at radius 1 is 0.822 bits per heavy atom. The predicted molar refractivity (Wildman–Crippen MR) is 181 cm³/mol. The molecule has 2 amide bonds. The van der Waals surface area contributed by atoms with Gasteiger partial charge >= 0.3 is 0 Å². The van der Waals surface area contributed by atoms with Crippen LogP contribution in [-0.4, -0.2) is 43.3 Å². The molecule has 0 radical (unpaired) electrons. The van der Waals surface area contributed by atoms with Crippen molar-refractivity contribution in [2.75, 3.05) is 10.8 Å². The van der Waals surface area contributed by atoms with Crippen molar-refractivity contribution in [3.63, 3.8) is 0 Å². The molecule has 0 saturated carbocycles. The maximum absolute atomic E-state index is 14.6. The van der Waals surface area contributed by atoms with Crippen molar-refractivity contribution in [2.24, 2.45) is 0 Å². The average molecular weight is 646 g/mol. The molecule has 4 rings (SSSR count). The number of anilines is 1. The van der Waals surface area contributed by atoms with Gasteiger partial charge in [0.25, 0.3) is 10.0 Å². The highest BCUT2D eigenvalue weighted by molar-refractivity contribution is 7.92. The van der Waals surface area contributed by atoms with Gasteiger partial charge in [-0.3, -0.25) is 13.9 Å². The van der Waals surface area contributed by atoms with Crippen LogP contribution in [0.3, 0.4) is 0 Å². The van der Waals surface area contributed by atoms with Gasteiger partial charge in [-0.25, -0.2) is 8.42 Å². The van der Waals surface area contributed by atoms with Crippen molar-refractivity contribution in [1.29, 1.82) is 0 Å². The lowest BCUT2D eigenvalue weighted by Gasteiger charge is -2.36. The average Bonchev–Trinajstić information content (AvgIpc) is 3.00. The summed E-state index contributed by atoms with van der Waals surface area (Å²) in [6.45, 7) is 8.87. The minimum Gasteiger partial charge on any atom is -0.350 e. The summed E-state index contributed by atoms with van der Waals surface area (Å²) in [6, 6.07) is 29.2. The predicted octanol–water partition coefficient (Wildman–Crippen LogP) is 6.71. The Balaban J connectivity index is 1.85. The first-order valence-corrected chi connectivity index (χ1v) is 16.6.